The van der Waals surface area contributed by atoms with Crippen molar-refractivity contribution in [3.05, 3.63) is 29.6 Å². The number of hydrogen-bond acceptors (Lipinski definition) is 5. The highest BCUT2D eigenvalue weighted by molar-refractivity contribution is 7.99. The number of aromatic nitrogens is 1. The number of carbonyl (C=O) groups is 1. The van der Waals surface area contributed by atoms with Crippen LogP contribution < -0.4 is 11.3 Å². The molecule has 1 unspecified atom stereocenters. The molecule has 1 aromatic rings. The molecule has 1 aliphatic heterocycles. The van der Waals surface area contributed by atoms with Crippen molar-refractivity contribution < 1.29 is 4.79 Å². The average molecular weight is 266 g/mol. The first-order valence-corrected chi connectivity index (χ1v) is 7.15. The van der Waals surface area contributed by atoms with E-state index in [2.05, 4.69) is 22.2 Å². The molecule has 0 aromatic carbocycles. The Balaban J connectivity index is 2.06. The molecule has 1 fully saturated rings. The average Bonchev–Trinajstić information content (AvgIpc) is 2.41. The van der Waals surface area contributed by atoms with E-state index in [0.717, 1.165) is 30.3 Å². The summed E-state index contributed by atoms with van der Waals surface area (Å²) in [5.74, 6) is 7.08. The van der Waals surface area contributed by atoms with Crippen LogP contribution in [0.1, 0.15) is 23.1 Å². The van der Waals surface area contributed by atoms with Crippen molar-refractivity contribution in [3.63, 3.8) is 0 Å². The van der Waals surface area contributed by atoms with Crippen molar-refractivity contribution in [1.29, 1.82) is 0 Å². The van der Waals surface area contributed by atoms with Gasteiger partial charge in [0.1, 0.15) is 5.69 Å². The molecule has 6 heteroatoms. The molecule has 1 saturated heterocycles. The van der Waals surface area contributed by atoms with E-state index in [4.69, 9.17) is 5.84 Å². The molecule has 3 N–H and O–H groups in total. The molecule has 5 nitrogen and oxygen atoms in total. The summed E-state index contributed by atoms with van der Waals surface area (Å²) < 4.78 is 0. The fourth-order valence-corrected chi connectivity index (χ4v) is 3.05. The van der Waals surface area contributed by atoms with Crippen LogP contribution in [-0.2, 0) is 6.54 Å². The van der Waals surface area contributed by atoms with Crippen LogP contribution in [0.5, 0.6) is 0 Å². The normalized spacial score (nSPS) is 20.7. The number of pyridine rings is 1. The summed E-state index contributed by atoms with van der Waals surface area (Å²) in [6.45, 7) is 4.08. The van der Waals surface area contributed by atoms with Gasteiger partial charge in [-0.15, -0.1) is 0 Å². The summed E-state index contributed by atoms with van der Waals surface area (Å²) in [4.78, 5) is 18.1. The minimum atomic E-state index is -0.348. The number of hydrogen-bond donors (Lipinski definition) is 2. The molecular formula is C12H18N4OS. The van der Waals surface area contributed by atoms with Gasteiger partial charge in [-0.25, -0.2) is 10.8 Å². The molecule has 0 saturated carbocycles. The van der Waals surface area contributed by atoms with Crippen molar-refractivity contribution in [1.82, 2.24) is 15.3 Å². The molecule has 18 heavy (non-hydrogen) atoms. The summed E-state index contributed by atoms with van der Waals surface area (Å²) in [6, 6.07) is 6.01. The first kappa shape index (κ1) is 13.3. The zero-order valence-electron chi connectivity index (χ0n) is 10.4. The Kier molecular flexibility index (Phi) is 4.57. The quantitative estimate of drug-likeness (QED) is 0.477. The third-order valence-corrected chi connectivity index (χ3v) is 4.23. The lowest BCUT2D eigenvalue weighted by molar-refractivity contribution is 0.0948. The van der Waals surface area contributed by atoms with Gasteiger partial charge in [-0.1, -0.05) is 6.07 Å². The number of hydrazine groups is 1. The maximum Gasteiger partial charge on any atom is 0.283 e. The third kappa shape index (κ3) is 3.22. The standard InChI is InChI=1S/C12H18N4OS/c1-9-8-18-6-5-16(9)7-10-3-2-4-11(14-10)12(17)15-13/h2-4,9H,5-8,13H2,1H3,(H,15,17). The number of amides is 1. The van der Waals surface area contributed by atoms with E-state index in [-0.39, 0.29) is 5.91 Å². The first-order chi connectivity index (χ1) is 8.70. The van der Waals surface area contributed by atoms with Gasteiger partial charge in [0.15, 0.2) is 0 Å². The van der Waals surface area contributed by atoms with Gasteiger partial charge < -0.3 is 0 Å². The van der Waals surface area contributed by atoms with Crippen molar-refractivity contribution in [2.24, 2.45) is 5.84 Å². The molecule has 1 atom stereocenters. The molecular weight excluding hydrogens is 248 g/mol. The van der Waals surface area contributed by atoms with Crippen molar-refractivity contribution >= 4 is 17.7 Å². The van der Waals surface area contributed by atoms with Crippen LogP contribution in [0.2, 0.25) is 0 Å². The van der Waals surface area contributed by atoms with Gasteiger partial charge in [-0.3, -0.25) is 15.1 Å². The summed E-state index contributed by atoms with van der Waals surface area (Å²) in [5.41, 5.74) is 3.38. The molecule has 0 bridgehead atoms. The van der Waals surface area contributed by atoms with Crippen LogP contribution in [0.15, 0.2) is 18.2 Å². The van der Waals surface area contributed by atoms with Gasteiger partial charge in [0.05, 0.1) is 5.69 Å². The second-order valence-corrected chi connectivity index (χ2v) is 5.53. The van der Waals surface area contributed by atoms with Crippen LogP contribution in [0.3, 0.4) is 0 Å². The lowest BCUT2D eigenvalue weighted by Gasteiger charge is -2.32. The number of thioether (sulfide) groups is 1. The lowest BCUT2D eigenvalue weighted by atomic mass is 10.2. The van der Waals surface area contributed by atoms with Gasteiger partial charge in [0.2, 0.25) is 0 Å². The topological polar surface area (TPSA) is 71.2 Å². The summed E-state index contributed by atoms with van der Waals surface area (Å²) in [6.07, 6.45) is 0. The monoisotopic (exact) mass is 266 g/mol. The number of nitrogen functional groups attached to an aromatic ring is 1. The fraction of sp³-hybridized carbons (Fsp3) is 0.500. The maximum absolute atomic E-state index is 11.4. The highest BCUT2D eigenvalue weighted by Gasteiger charge is 2.19. The Morgan fingerprint density at radius 1 is 1.67 bits per heavy atom. The molecule has 0 aliphatic carbocycles. The minimum absolute atomic E-state index is 0.348. The van der Waals surface area contributed by atoms with Crippen molar-refractivity contribution in [2.45, 2.75) is 19.5 Å². The van der Waals surface area contributed by atoms with Gasteiger partial charge in [-0.05, 0) is 19.1 Å². The lowest BCUT2D eigenvalue weighted by Crippen LogP contribution is -2.40. The predicted molar refractivity (Wildman–Crippen MR) is 73.1 cm³/mol. The fourth-order valence-electron chi connectivity index (χ4n) is 1.97. The van der Waals surface area contributed by atoms with E-state index < -0.39 is 0 Å². The highest BCUT2D eigenvalue weighted by atomic mass is 32.2. The van der Waals surface area contributed by atoms with Crippen LogP contribution in [0.4, 0.5) is 0 Å². The van der Waals surface area contributed by atoms with Crippen LogP contribution in [-0.4, -0.2) is 39.9 Å². The molecule has 2 heterocycles. The number of rotatable bonds is 3. The van der Waals surface area contributed by atoms with E-state index in [1.807, 2.05) is 23.9 Å². The second-order valence-electron chi connectivity index (χ2n) is 4.38. The number of nitrogens with two attached hydrogens (primary N) is 1. The van der Waals surface area contributed by atoms with E-state index in [1.165, 1.54) is 0 Å². The molecule has 1 amide bonds. The second kappa shape index (κ2) is 6.17. The number of nitrogens with one attached hydrogen (secondary N) is 1. The molecule has 1 aliphatic rings. The Morgan fingerprint density at radius 2 is 2.50 bits per heavy atom. The Morgan fingerprint density at radius 3 is 3.22 bits per heavy atom. The Bertz CT molecular complexity index is 426. The molecule has 98 valence electrons. The maximum atomic E-state index is 11.4. The Labute approximate surface area is 111 Å². The summed E-state index contributed by atoms with van der Waals surface area (Å²) in [5, 5.41) is 0. The van der Waals surface area contributed by atoms with Crippen molar-refractivity contribution in [3.8, 4) is 0 Å². The van der Waals surface area contributed by atoms with Crippen LogP contribution >= 0.6 is 11.8 Å². The first-order valence-electron chi connectivity index (χ1n) is 5.99. The van der Waals surface area contributed by atoms with Gasteiger partial charge in [0.25, 0.3) is 5.91 Å². The van der Waals surface area contributed by atoms with E-state index in [1.54, 1.807) is 6.07 Å². The number of nitrogens with zero attached hydrogens (tertiary/aromatic N) is 2. The molecule has 2 rings (SSSR count). The van der Waals surface area contributed by atoms with Gasteiger partial charge >= 0.3 is 0 Å². The van der Waals surface area contributed by atoms with Crippen molar-refractivity contribution in [2.75, 3.05) is 18.1 Å². The number of carbonyl (C=O) groups excluding carboxylic acids is 1. The van der Waals surface area contributed by atoms with E-state index >= 15 is 0 Å². The van der Waals surface area contributed by atoms with E-state index in [0.29, 0.717) is 11.7 Å². The van der Waals surface area contributed by atoms with Crippen LogP contribution in [0.25, 0.3) is 0 Å². The molecule has 1 aromatic heterocycles. The smallest absolute Gasteiger partial charge is 0.283 e. The SMILES string of the molecule is CC1CSCCN1Cc1cccc(C(=O)NN)n1. The molecule has 0 radical (unpaired) electrons. The molecule has 0 spiro atoms. The van der Waals surface area contributed by atoms with Crippen LogP contribution in [0, 0.1) is 0 Å². The van der Waals surface area contributed by atoms with E-state index in [9.17, 15) is 4.79 Å². The zero-order chi connectivity index (χ0) is 13.0. The predicted octanol–water partition coefficient (Wildman–Crippen LogP) is 0.622. The summed E-state index contributed by atoms with van der Waals surface area (Å²) in [7, 11) is 0. The summed E-state index contributed by atoms with van der Waals surface area (Å²) >= 11 is 1.99. The highest BCUT2D eigenvalue weighted by Crippen LogP contribution is 2.17. The largest absolute Gasteiger partial charge is 0.293 e. The van der Waals surface area contributed by atoms with Gasteiger partial charge in [-0.2, -0.15) is 11.8 Å². The zero-order valence-corrected chi connectivity index (χ0v) is 11.2. The minimum Gasteiger partial charge on any atom is -0.293 e. The third-order valence-electron chi connectivity index (χ3n) is 3.04. The van der Waals surface area contributed by atoms with Gasteiger partial charge in [0, 0.05) is 30.6 Å². The Hall–Kier alpha value is -1.11.